The smallest absolute Gasteiger partial charge is 0.171 e. The molecule has 5 heteroatoms. The fourth-order valence-corrected chi connectivity index (χ4v) is 32.4. The van der Waals surface area contributed by atoms with Crippen molar-refractivity contribution in [1.82, 2.24) is 0 Å². The second-order valence-electron chi connectivity index (χ2n) is 7.18. The fraction of sp³-hybridized carbons (Fsp3) is 1.00. The first-order chi connectivity index (χ1) is 6.99. The molecule has 0 bridgehead atoms. The monoisotopic (exact) mass is 275 g/mol. The normalized spacial score (nSPS) is 33.4. The van der Waals surface area contributed by atoms with E-state index in [1.54, 1.807) is 0 Å². The van der Waals surface area contributed by atoms with Gasteiger partial charge < -0.3 is 10.2 Å². The van der Waals surface area contributed by atoms with Crippen LogP contribution in [0.4, 0.5) is 0 Å². The van der Waals surface area contributed by atoms with Gasteiger partial charge in [0.25, 0.3) is 0 Å². The molecular weight excluding hydrogens is 246 g/mol. The first kappa shape index (κ1) is 14.6. The number of hydrogen-bond acceptors (Lipinski definition) is 2. The molecule has 2 unspecified atom stereocenters. The lowest BCUT2D eigenvalue weighted by molar-refractivity contribution is 0.196. The Labute approximate surface area is 104 Å². The fourth-order valence-electron chi connectivity index (χ4n) is 2.79. The van der Waals surface area contributed by atoms with Crippen LogP contribution in [-0.4, -0.2) is 34.7 Å². The van der Waals surface area contributed by atoms with E-state index in [0.29, 0.717) is 6.10 Å². The van der Waals surface area contributed by atoms with E-state index in [9.17, 15) is 0 Å². The second kappa shape index (κ2) is 4.35. The second-order valence-corrected chi connectivity index (χ2v) is 34.5. The summed E-state index contributed by atoms with van der Waals surface area (Å²) in [6.07, 6.45) is 1.51. The lowest BCUT2D eigenvalue weighted by atomic mass is 10.2. The van der Waals surface area contributed by atoms with Crippen molar-refractivity contribution in [3.63, 3.8) is 0 Å². The first-order valence-electron chi connectivity index (χ1n) is 6.43. The highest BCUT2D eigenvalue weighted by Crippen LogP contribution is 2.40. The van der Waals surface area contributed by atoms with Crippen LogP contribution in [0.5, 0.6) is 0 Å². The summed E-state index contributed by atoms with van der Waals surface area (Å²) in [5.74, 6) is 0. The summed E-state index contributed by atoms with van der Waals surface area (Å²) in [7, 11) is -3.63. The molecule has 2 atom stereocenters. The highest BCUT2D eigenvalue weighted by atomic mass is 29.6. The van der Waals surface area contributed by atoms with Crippen LogP contribution in [-0.2, 0) is 4.43 Å². The third kappa shape index (κ3) is 2.53. The molecular formula is C11H29NOSi3. The topological polar surface area (TPSA) is 35.2 Å². The molecule has 1 aliphatic heterocycles. The number of hydrogen-bond donors (Lipinski definition) is 1. The Morgan fingerprint density at radius 2 is 1.69 bits per heavy atom. The summed E-state index contributed by atoms with van der Waals surface area (Å²) in [6, 6.07) is 1.62. The largest absolute Gasteiger partial charge is 0.418 e. The molecule has 1 heterocycles. The summed E-state index contributed by atoms with van der Waals surface area (Å²) >= 11 is 0. The van der Waals surface area contributed by atoms with Crippen LogP contribution in [0.25, 0.3) is 0 Å². The van der Waals surface area contributed by atoms with Crippen LogP contribution >= 0.6 is 0 Å². The highest BCUT2D eigenvalue weighted by molar-refractivity contribution is 7.67. The molecule has 2 nitrogen and oxygen atoms in total. The summed E-state index contributed by atoms with van der Waals surface area (Å²) < 4.78 is 6.49. The molecule has 0 aromatic rings. The summed E-state index contributed by atoms with van der Waals surface area (Å²) in [6.45, 7) is 17.3. The third-order valence-corrected chi connectivity index (χ3v) is 45.5. The summed E-state index contributed by atoms with van der Waals surface area (Å²) in [5, 5.41) is 0. The molecule has 0 radical (unpaired) electrons. The van der Waals surface area contributed by atoms with Crippen molar-refractivity contribution in [2.24, 2.45) is 5.73 Å². The minimum Gasteiger partial charge on any atom is -0.418 e. The van der Waals surface area contributed by atoms with Gasteiger partial charge in [-0.2, -0.15) is 0 Å². The Kier molecular flexibility index (Phi) is 3.98. The molecule has 0 amide bonds. The lowest BCUT2D eigenvalue weighted by Crippen LogP contribution is -2.76. The summed E-state index contributed by atoms with van der Waals surface area (Å²) in [4.78, 5) is 0. The molecule has 1 aliphatic rings. The minimum atomic E-state index is -1.44. The third-order valence-electron chi connectivity index (χ3n) is 5.03. The van der Waals surface area contributed by atoms with Crippen LogP contribution in [0, 0.1) is 0 Å². The Morgan fingerprint density at radius 1 is 1.19 bits per heavy atom. The van der Waals surface area contributed by atoms with Crippen LogP contribution in [0.1, 0.15) is 13.3 Å². The van der Waals surface area contributed by atoms with Gasteiger partial charge in [-0.3, -0.25) is 0 Å². The zero-order valence-electron chi connectivity index (χ0n) is 12.1. The Bertz CT molecular complexity index is 244. The van der Waals surface area contributed by atoms with E-state index in [1.165, 1.54) is 6.04 Å². The SMILES string of the molecule is CC(N)CC1C[Si](C)(C)[Si](C)(C)[Si](C)(C)O1. The van der Waals surface area contributed by atoms with Crippen molar-refractivity contribution in [2.75, 3.05) is 0 Å². The zero-order chi connectivity index (χ0) is 12.8. The standard InChI is InChI=1S/C11H29NOSi3/c1-10(12)8-11-9-14(2,3)16(6,7)15(4,5)13-11/h10-11H,8-9,12H2,1-7H3. The zero-order valence-corrected chi connectivity index (χ0v) is 15.1. The maximum atomic E-state index is 6.49. The lowest BCUT2D eigenvalue weighted by Gasteiger charge is -2.55. The molecule has 2 N–H and O–H groups in total. The number of rotatable bonds is 2. The molecule has 0 aliphatic carbocycles. The maximum Gasteiger partial charge on any atom is 0.171 e. The van der Waals surface area contributed by atoms with Gasteiger partial charge in [-0.1, -0.05) is 26.2 Å². The van der Waals surface area contributed by atoms with Crippen molar-refractivity contribution in [3.05, 3.63) is 0 Å². The predicted octanol–water partition coefficient (Wildman–Crippen LogP) is 2.90. The van der Waals surface area contributed by atoms with Crippen molar-refractivity contribution >= 4 is 22.5 Å². The van der Waals surface area contributed by atoms with E-state index in [4.69, 9.17) is 10.2 Å². The quantitative estimate of drug-likeness (QED) is 0.787. The van der Waals surface area contributed by atoms with Crippen molar-refractivity contribution in [1.29, 1.82) is 0 Å². The van der Waals surface area contributed by atoms with E-state index >= 15 is 0 Å². The highest BCUT2D eigenvalue weighted by Gasteiger charge is 2.58. The van der Waals surface area contributed by atoms with Gasteiger partial charge in [-0.15, -0.1) is 0 Å². The van der Waals surface area contributed by atoms with Crippen molar-refractivity contribution in [2.45, 2.75) is 70.8 Å². The van der Waals surface area contributed by atoms with Crippen LogP contribution in [0.2, 0.25) is 45.3 Å². The van der Waals surface area contributed by atoms with Gasteiger partial charge in [0, 0.05) is 19.7 Å². The Balaban J connectivity index is 2.90. The molecule has 0 saturated carbocycles. The summed E-state index contributed by atoms with van der Waals surface area (Å²) in [5.41, 5.74) is 5.93. The average Bonchev–Trinajstić information content (AvgIpc) is 1.97. The van der Waals surface area contributed by atoms with Gasteiger partial charge >= 0.3 is 0 Å². The maximum absolute atomic E-state index is 6.49. The van der Waals surface area contributed by atoms with E-state index < -0.39 is 22.5 Å². The van der Waals surface area contributed by atoms with E-state index in [-0.39, 0.29) is 6.04 Å². The molecule has 96 valence electrons. The van der Waals surface area contributed by atoms with Gasteiger partial charge in [0.15, 0.2) is 7.83 Å². The van der Waals surface area contributed by atoms with Gasteiger partial charge in [0.2, 0.25) is 0 Å². The van der Waals surface area contributed by atoms with E-state index in [1.807, 2.05) is 0 Å². The Hall–Kier alpha value is 0.571. The van der Waals surface area contributed by atoms with Gasteiger partial charge in [-0.05, 0) is 32.5 Å². The van der Waals surface area contributed by atoms with Gasteiger partial charge in [0.1, 0.15) is 0 Å². The molecule has 0 aromatic carbocycles. The first-order valence-corrected chi connectivity index (χ1v) is 17.5. The van der Waals surface area contributed by atoms with Gasteiger partial charge in [0.05, 0.1) is 7.11 Å². The molecule has 1 saturated heterocycles. The number of nitrogens with two attached hydrogens (primary N) is 1. The van der Waals surface area contributed by atoms with Crippen LogP contribution in [0.3, 0.4) is 0 Å². The minimum absolute atomic E-state index is 0.280. The van der Waals surface area contributed by atoms with Crippen molar-refractivity contribution < 1.29 is 4.43 Å². The Morgan fingerprint density at radius 3 is 2.06 bits per heavy atom. The van der Waals surface area contributed by atoms with Crippen LogP contribution in [0.15, 0.2) is 0 Å². The van der Waals surface area contributed by atoms with E-state index in [0.717, 1.165) is 6.42 Å². The van der Waals surface area contributed by atoms with E-state index in [2.05, 4.69) is 46.2 Å². The van der Waals surface area contributed by atoms with Gasteiger partial charge in [-0.25, -0.2) is 0 Å². The molecule has 0 spiro atoms. The molecule has 0 aromatic heterocycles. The van der Waals surface area contributed by atoms with Crippen molar-refractivity contribution in [3.8, 4) is 0 Å². The molecule has 16 heavy (non-hydrogen) atoms. The predicted molar refractivity (Wildman–Crippen MR) is 80.4 cm³/mol. The van der Waals surface area contributed by atoms with Crippen LogP contribution < -0.4 is 5.73 Å². The molecule has 1 fully saturated rings. The molecule has 1 rings (SSSR count). The average molecular weight is 276 g/mol.